The molecule has 2 aromatic carbocycles. The summed E-state index contributed by atoms with van der Waals surface area (Å²) in [7, 11) is -4.21. The monoisotopic (exact) mass is 452 g/mol. The van der Waals surface area contributed by atoms with Gasteiger partial charge in [0.2, 0.25) is 10.0 Å². The summed E-state index contributed by atoms with van der Waals surface area (Å²) in [5.74, 6) is -2.69. The smallest absolute Gasteiger partial charge is 0.256 e. The molecule has 9 heteroatoms. The van der Waals surface area contributed by atoms with Gasteiger partial charge >= 0.3 is 0 Å². The van der Waals surface area contributed by atoms with Crippen LogP contribution in [0, 0.1) is 11.6 Å². The average molecular weight is 453 g/mol. The van der Waals surface area contributed by atoms with Crippen molar-refractivity contribution < 1.29 is 27.1 Å². The van der Waals surface area contributed by atoms with E-state index >= 15 is 0 Å². The van der Waals surface area contributed by atoms with Crippen molar-refractivity contribution in [2.75, 3.05) is 18.4 Å². The molecule has 0 aromatic heterocycles. The normalized spacial score (nSPS) is 17.4. The Morgan fingerprint density at radius 3 is 2.16 bits per heavy atom. The molecule has 168 valence electrons. The first-order valence-electron chi connectivity index (χ1n) is 9.92. The van der Waals surface area contributed by atoms with Crippen molar-refractivity contribution in [2.24, 2.45) is 0 Å². The predicted molar refractivity (Wildman–Crippen MR) is 113 cm³/mol. The summed E-state index contributed by atoms with van der Waals surface area (Å²) < 4.78 is 53.4. The van der Waals surface area contributed by atoms with Crippen molar-refractivity contribution in [1.82, 2.24) is 4.31 Å². The maximum Gasteiger partial charge on any atom is 0.256 e. The van der Waals surface area contributed by atoms with Crippen LogP contribution in [-0.4, -0.2) is 42.4 Å². The van der Waals surface area contributed by atoms with E-state index in [1.807, 2.05) is 12.1 Å². The van der Waals surface area contributed by atoms with Crippen LogP contribution < -0.4 is 5.32 Å². The Hall–Kier alpha value is -2.36. The molecular formula is C22H26F2N2O4S. The minimum absolute atomic E-state index is 0.0386. The van der Waals surface area contributed by atoms with Gasteiger partial charge in [-0.1, -0.05) is 32.9 Å². The zero-order valence-corrected chi connectivity index (χ0v) is 18.5. The number of anilines is 1. The summed E-state index contributed by atoms with van der Waals surface area (Å²) in [6.45, 7) is 5.87. The summed E-state index contributed by atoms with van der Waals surface area (Å²) >= 11 is 0. The number of nitrogens with zero attached hydrogens (tertiary/aromatic N) is 1. The molecule has 0 saturated carbocycles. The minimum Gasteiger partial charge on any atom is -0.380 e. The highest BCUT2D eigenvalue weighted by Gasteiger charge is 2.42. The lowest BCUT2D eigenvalue weighted by Gasteiger charge is -2.36. The zero-order valence-electron chi connectivity index (χ0n) is 17.7. The fourth-order valence-electron chi connectivity index (χ4n) is 3.45. The van der Waals surface area contributed by atoms with Gasteiger partial charge in [-0.2, -0.15) is 4.31 Å². The fraction of sp³-hybridized carbons (Fsp3) is 0.409. The Bertz CT molecular complexity index is 1070. The van der Waals surface area contributed by atoms with Crippen molar-refractivity contribution in [1.29, 1.82) is 0 Å². The quantitative estimate of drug-likeness (QED) is 0.744. The molecule has 0 bridgehead atoms. The number of nitrogens with one attached hydrogen (secondary N) is 1. The fourth-order valence-corrected chi connectivity index (χ4v) is 4.93. The minimum atomic E-state index is -4.21. The van der Waals surface area contributed by atoms with Crippen molar-refractivity contribution in [3.05, 3.63) is 59.7 Å². The lowest BCUT2D eigenvalue weighted by molar-refractivity contribution is -0.137. The first-order chi connectivity index (χ1) is 14.3. The van der Waals surface area contributed by atoms with Crippen molar-refractivity contribution in [3.63, 3.8) is 0 Å². The number of benzene rings is 2. The highest BCUT2D eigenvalue weighted by molar-refractivity contribution is 7.89. The molecule has 1 amide bonds. The van der Waals surface area contributed by atoms with Gasteiger partial charge in [0.1, 0.15) is 22.1 Å². The molecule has 0 radical (unpaired) electrons. The van der Waals surface area contributed by atoms with Gasteiger partial charge in [-0.3, -0.25) is 4.79 Å². The van der Waals surface area contributed by atoms with Gasteiger partial charge in [-0.15, -0.1) is 0 Å². The van der Waals surface area contributed by atoms with E-state index in [2.05, 4.69) is 26.1 Å². The van der Waals surface area contributed by atoms with Gasteiger partial charge in [-0.25, -0.2) is 17.2 Å². The first kappa shape index (κ1) is 23.3. The predicted octanol–water partition coefficient (Wildman–Crippen LogP) is 3.42. The summed E-state index contributed by atoms with van der Waals surface area (Å²) in [6, 6.07) is 9.53. The van der Waals surface area contributed by atoms with E-state index in [1.165, 1.54) is 0 Å². The molecule has 1 saturated heterocycles. The molecule has 0 spiro atoms. The van der Waals surface area contributed by atoms with Crippen LogP contribution >= 0.6 is 0 Å². The first-order valence-corrected chi connectivity index (χ1v) is 11.4. The van der Waals surface area contributed by atoms with Crippen LogP contribution in [0.4, 0.5) is 14.5 Å². The Balaban J connectivity index is 1.67. The molecule has 1 fully saturated rings. The van der Waals surface area contributed by atoms with Crippen LogP contribution in [0.2, 0.25) is 0 Å². The van der Waals surface area contributed by atoms with E-state index in [-0.39, 0.29) is 31.3 Å². The Morgan fingerprint density at radius 1 is 1.06 bits per heavy atom. The summed E-state index contributed by atoms with van der Waals surface area (Å²) in [5, 5.41) is 13.4. The molecule has 0 unspecified atom stereocenters. The molecule has 3 rings (SSSR count). The molecule has 1 aliphatic heterocycles. The SMILES string of the molecule is CC(C)(C)c1ccc(NC(=O)C2(O)CCN(S(=O)(=O)c3ccc(F)cc3F)CC2)cc1. The Labute approximate surface area is 180 Å². The van der Waals surface area contributed by atoms with Gasteiger partial charge in [-0.05, 0) is 48.1 Å². The van der Waals surface area contributed by atoms with Crippen LogP contribution in [0.15, 0.2) is 47.4 Å². The topological polar surface area (TPSA) is 86.7 Å². The Kier molecular flexibility index (Phi) is 6.23. The van der Waals surface area contributed by atoms with E-state index in [1.54, 1.807) is 12.1 Å². The molecule has 1 aliphatic rings. The molecular weight excluding hydrogens is 426 g/mol. The maximum atomic E-state index is 14.0. The third-order valence-electron chi connectivity index (χ3n) is 5.49. The van der Waals surface area contributed by atoms with E-state index in [0.29, 0.717) is 11.8 Å². The van der Waals surface area contributed by atoms with Crippen molar-refractivity contribution in [3.8, 4) is 0 Å². The third kappa shape index (κ3) is 4.94. The van der Waals surface area contributed by atoms with Gasteiger partial charge in [0.15, 0.2) is 0 Å². The number of hydrogen-bond donors (Lipinski definition) is 2. The van der Waals surface area contributed by atoms with Crippen LogP contribution in [0.5, 0.6) is 0 Å². The van der Waals surface area contributed by atoms with Gasteiger partial charge < -0.3 is 10.4 Å². The molecule has 0 aliphatic carbocycles. The molecule has 2 aromatic rings. The maximum absolute atomic E-state index is 14.0. The van der Waals surface area contributed by atoms with Gasteiger partial charge in [0, 0.05) is 24.8 Å². The van der Waals surface area contributed by atoms with Crippen LogP contribution in [-0.2, 0) is 20.2 Å². The van der Waals surface area contributed by atoms with E-state index in [0.717, 1.165) is 22.0 Å². The van der Waals surface area contributed by atoms with Crippen LogP contribution in [0.25, 0.3) is 0 Å². The molecule has 6 nitrogen and oxygen atoms in total. The molecule has 1 heterocycles. The highest BCUT2D eigenvalue weighted by atomic mass is 32.2. The number of rotatable bonds is 4. The molecule has 31 heavy (non-hydrogen) atoms. The lowest BCUT2D eigenvalue weighted by Crippen LogP contribution is -2.52. The van der Waals surface area contributed by atoms with E-state index in [9.17, 15) is 27.1 Å². The number of amides is 1. The zero-order chi connectivity index (χ0) is 23.0. The molecule has 0 atom stereocenters. The summed E-state index contributed by atoms with van der Waals surface area (Å²) in [4.78, 5) is 12.0. The number of aliphatic hydroxyl groups is 1. The van der Waals surface area contributed by atoms with Crippen molar-refractivity contribution >= 4 is 21.6 Å². The van der Waals surface area contributed by atoms with Gasteiger partial charge in [0.05, 0.1) is 0 Å². The third-order valence-corrected chi connectivity index (χ3v) is 7.42. The number of piperidine rings is 1. The number of hydrogen-bond acceptors (Lipinski definition) is 4. The largest absolute Gasteiger partial charge is 0.380 e. The lowest BCUT2D eigenvalue weighted by atomic mass is 9.87. The average Bonchev–Trinajstić information content (AvgIpc) is 2.67. The number of carbonyl (C=O) groups excluding carboxylic acids is 1. The van der Waals surface area contributed by atoms with Crippen LogP contribution in [0.3, 0.4) is 0 Å². The highest BCUT2D eigenvalue weighted by Crippen LogP contribution is 2.30. The standard InChI is InChI=1S/C22H26F2N2O4S/c1-21(2,3)15-4-7-17(8-5-15)25-20(27)22(28)10-12-26(13-11-22)31(29,30)19-9-6-16(23)14-18(19)24/h4-9,14,28H,10-13H2,1-3H3,(H,25,27). The number of carbonyl (C=O) groups is 1. The summed E-state index contributed by atoms with van der Waals surface area (Å²) in [5.41, 5.74) is -0.176. The number of sulfonamides is 1. The molecule has 2 N–H and O–H groups in total. The van der Waals surface area contributed by atoms with Crippen LogP contribution in [0.1, 0.15) is 39.2 Å². The second-order valence-electron chi connectivity index (χ2n) is 8.79. The van der Waals surface area contributed by atoms with E-state index < -0.39 is 38.1 Å². The number of halogens is 2. The second-order valence-corrected chi connectivity index (χ2v) is 10.7. The van der Waals surface area contributed by atoms with E-state index in [4.69, 9.17) is 0 Å². The summed E-state index contributed by atoms with van der Waals surface area (Å²) in [6.07, 6.45) is -0.304. The second kappa shape index (κ2) is 8.29. The Morgan fingerprint density at radius 2 is 1.65 bits per heavy atom. The van der Waals surface area contributed by atoms with Gasteiger partial charge in [0.25, 0.3) is 5.91 Å². The van der Waals surface area contributed by atoms with Crippen molar-refractivity contribution in [2.45, 2.75) is 49.5 Å².